The second-order valence-corrected chi connectivity index (χ2v) is 4.48. The first-order chi connectivity index (χ1) is 8.64. The van der Waals surface area contributed by atoms with Gasteiger partial charge in [0.25, 0.3) is 0 Å². The molecule has 1 atom stereocenters. The van der Waals surface area contributed by atoms with E-state index < -0.39 is 5.41 Å². The van der Waals surface area contributed by atoms with Gasteiger partial charge in [-0.05, 0) is 13.0 Å². The van der Waals surface area contributed by atoms with Crippen LogP contribution in [-0.4, -0.2) is 38.0 Å². The minimum atomic E-state index is -0.631. The molecular formula is C13H21N3O2. The molecule has 0 spiro atoms. The van der Waals surface area contributed by atoms with Crippen LogP contribution in [0.4, 0.5) is 0 Å². The average Bonchev–Trinajstić information content (AvgIpc) is 2.83. The molecule has 0 radical (unpaired) electrons. The van der Waals surface area contributed by atoms with Crippen LogP contribution in [0, 0.1) is 5.41 Å². The first-order valence-electron chi connectivity index (χ1n) is 6.12. The molecule has 1 aliphatic heterocycles. The Morgan fingerprint density at radius 1 is 1.22 bits per heavy atom. The van der Waals surface area contributed by atoms with Crippen molar-refractivity contribution >= 4 is 11.8 Å². The lowest BCUT2D eigenvalue weighted by atomic mass is 9.82. The Hall–Kier alpha value is -1.62. The summed E-state index contributed by atoms with van der Waals surface area (Å²) in [7, 11) is 0. The summed E-state index contributed by atoms with van der Waals surface area (Å²) in [5.74, 6) is -0.200. The van der Waals surface area contributed by atoms with Gasteiger partial charge in [-0.25, -0.2) is 0 Å². The van der Waals surface area contributed by atoms with Gasteiger partial charge in [0, 0.05) is 26.1 Å². The van der Waals surface area contributed by atoms with E-state index in [0.717, 1.165) is 6.54 Å². The molecular weight excluding hydrogens is 230 g/mol. The van der Waals surface area contributed by atoms with Crippen LogP contribution < -0.4 is 16.0 Å². The molecule has 1 rings (SSSR count). The first-order valence-corrected chi connectivity index (χ1v) is 6.12. The van der Waals surface area contributed by atoms with Gasteiger partial charge in [-0.1, -0.05) is 12.2 Å². The van der Waals surface area contributed by atoms with Gasteiger partial charge in [0.15, 0.2) is 0 Å². The standard InChI is InChI=1S/C13H21N3O2/c1-3-6-15-11(17)9-13(5-8-14-10-13)12(18)16-7-4-2/h3-4,14H,1-2,5-10H2,(H,15,17)(H,16,18). The highest BCUT2D eigenvalue weighted by molar-refractivity contribution is 5.89. The van der Waals surface area contributed by atoms with E-state index in [0.29, 0.717) is 26.1 Å². The highest BCUT2D eigenvalue weighted by atomic mass is 16.2. The third kappa shape index (κ3) is 3.70. The van der Waals surface area contributed by atoms with Gasteiger partial charge in [-0.15, -0.1) is 13.2 Å². The Morgan fingerprint density at radius 2 is 1.89 bits per heavy atom. The lowest BCUT2D eigenvalue weighted by Crippen LogP contribution is -2.45. The summed E-state index contributed by atoms with van der Waals surface area (Å²) in [6.07, 6.45) is 4.13. The number of rotatable bonds is 7. The maximum Gasteiger partial charge on any atom is 0.228 e. The molecule has 0 saturated carbocycles. The lowest BCUT2D eigenvalue weighted by Gasteiger charge is -2.26. The van der Waals surface area contributed by atoms with E-state index >= 15 is 0 Å². The van der Waals surface area contributed by atoms with Crippen molar-refractivity contribution in [1.82, 2.24) is 16.0 Å². The highest BCUT2D eigenvalue weighted by Gasteiger charge is 2.42. The molecule has 5 heteroatoms. The molecule has 1 heterocycles. The van der Waals surface area contributed by atoms with E-state index in [-0.39, 0.29) is 18.2 Å². The summed E-state index contributed by atoms with van der Waals surface area (Å²) in [6.45, 7) is 9.25. The van der Waals surface area contributed by atoms with Crippen LogP contribution in [0.15, 0.2) is 25.3 Å². The molecule has 0 aliphatic carbocycles. The van der Waals surface area contributed by atoms with Crippen molar-refractivity contribution in [3.05, 3.63) is 25.3 Å². The number of carbonyl (C=O) groups is 2. The topological polar surface area (TPSA) is 70.2 Å². The summed E-state index contributed by atoms with van der Waals surface area (Å²) < 4.78 is 0. The second-order valence-electron chi connectivity index (χ2n) is 4.48. The normalized spacial score (nSPS) is 22.2. The van der Waals surface area contributed by atoms with E-state index in [1.165, 1.54) is 0 Å². The number of amides is 2. The molecule has 1 saturated heterocycles. The van der Waals surface area contributed by atoms with E-state index in [9.17, 15) is 9.59 Å². The fourth-order valence-corrected chi connectivity index (χ4v) is 2.08. The van der Waals surface area contributed by atoms with Crippen LogP contribution >= 0.6 is 0 Å². The molecule has 0 bridgehead atoms. The molecule has 0 aromatic heterocycles. The Labute approximate surface area is 108 Å². The molecule has 1 aliphatic rings. The average molecular weight is 251 g/mol. The summed E-state index contributed by atoms with van der Waals surface area (Å²) in [5.41, 5.74) is -0.631. The summed E-state index contributed by atoms with van der Waals surface area (Å²) in [6, 6.07) is 0. The minimum absolute atomic E-state index is 0.0823. The van der Waals surface area contributed by atoms with Gasteiger partial charge < -0.3 is 16.0 Å². The molecule has 1 unspecified atom stereocenters. The number of carbonyl (C=O) groups excluding carboxylic acids is 2. The van der Waals surface area contributed by atoms with Crippen LogP contribution in [0.5, 0.6) is 0 Å². The van der Waals surface area contributed by atoms with Gasteiger partial charge >= 0.3 is 0 Å². The third-order valence-corrected chi connectivity index (χ3v) is 3.07. The van der Waals surface area contributed by atoms with Crippen molar-refractivity contribution in [2.24, 2.45) is 5.41 Å². The van der Waals surface area contributed by atoms with E-state index in [2.05, 4.69) is 29.1 Å². The molecule has 1 fully saturated rings. The fraction of sp³-hybridized carbons (Fsp3) is 0.538. The maximum absolute atomic E-state index is 12.1. The zero-order valence-electron chi connectivity index (χ0n) is 10.6. The largest absolute Gasteiger partial charge is 0.353 e. The van der Waals surface area contributed by atoms with Gasteiger partial charge in [-0.3, -0.25) is 9.59 Å². The lowest BCUT2D eigenvalue weighted by molar-refractivity contribution is -0.135. The Morgan fingerprint density at radius 3 is 2.44 bits per heavy atom. The molecule has 0 aromatic rings. The van der Waals surface area contributed by atoms with Crippen molar-refractivity contribution in [2.75, 3.05) is 26.2 Å². The Bertz CT molecular complexity index is 333. The van der Waals surface area contributed by atoms with Gasteiger partial charge in [0.1, 0.15) is 0 Å². The van der Waals surface area contributed by atoms with Crippen molar-refractivity contribution in [3.8, 4) is 0 Å². The van der Waals surface area contributed by atoms with Gasteiger partial charge in [-0.2, -0.15) is 0 Å². The van der Waals surface area contributed by atoms with E-state index in [1.54, 1.807) is 12.2 Å². The Balaban J connectivity index is 2.62. The molecule has 5 nitrogen and oxygen atoms in total. The SMILES string of the molecule is C=CCNC(=O)CC1(C(=O)NCC=C)CCNC1. The van der Waals surface area contributed by atoms with Crippen molar-refractivity contribution in [2.45, 2.75) is 12.8 Å². The van der Waals surface area contributed by atoms with Gasteiger partial charge in [0.05, 0.1) is 5.41 Å². The summed E-state index contributed by atoms with van der Waals surface area (Å²) in [4.78, 5) is 23.9. The van der Waals surface area contributed by atoms with Crippen LogP contribution in [0.3, 0.4) is 0 Å². The van der Waals surface area contributed by atoms with Crippen LogP contribution in [-0.2, 0) is 9.59 Å². The first kappa shape index (κ1) is 14.4. The van der Waals surface area contributed by atoms with Crippen molar-refractivity contribution in [1.29, 1.82) is 0 Å². The quantitative estimate of drug-likeness (QED) is 0.556. The smallest absolute Gasteiger partial charge is 0.228 e. The van der Waals surface area contributed by atoms with E-state index in [1.807, 2.05) is 0 Å². The maximum atomic E-state index is 12.1. The molecule has 100 valence electrons. The van der Waals surface area contributed by atoms with E-state index in [4.69, 9.17) is 0 Å². The zero-order chi connectivity index (χ0) is 13.4. The highest BCUT2D eigenvalue weighted by Crippen LogP contribution is 2.29. The minimum Gasteiger partial charge on any atom is -0.353 e. The number of nitrogens with one attached hydrogen (secondary N) is 3. The predicted molar refractivity (Wildman–Crippen MR) is 71.0 cm³/mol. The fourth-order valence-electron chi connectivity index (χ4n) is 2.08. The molecule has 0 aromatic carbocycles. The zero-order valence-corrected chi connectivity index (χ0v) is 10.6. The van der Waals surface area contributed by atoms with Crippen LogP contribution in [0.2, 0.25) is 0 Å². The van der Waals surface area contributed by atoms with Crippen molar-refractivity contribution in [3.63, 3.8) is 0 Å². The van der Waals surface area contributed by atoms with Crippen LogP contribution in [0.1, 0.15) is 12.8 Å². The van der Waals surface area contributed by atoms with Crippen LogP contribution in [0.25, 0.3) is 0 Å². The summed E-state index contributed by atoms with van der Waals surface area (Å²) >= 11 is 0. The molecule has 2 amide bonds. The predicted octanol–water partition coefficient (Wildman–Crippen LogP) is -0.0394. The summed E-state index contributed by atoms with van der Waals surface area (Å²) in [5, 5.41) is 8.63. The molecule has 3 N–H and O–H groups in total. The molecule has 18 heavy (non-hydrogen) atoms. The van der Waals surface area contributed by atoms with Gasteiger partial charge in [0.2, 0.25) is 11.8 Å². The number of hydrogen-bond donors (Lipinski definition) is 3. The monoisotopic (exact) mass is 251 g/mol. The second kappa shape index (κ2) is 6.96. The Kier molecular flexibility index (Phi) is 5.58. The van der Waals surface area contributed by atoms with Crippen molar-refractivity contribution < 1.29 is 9.59 Å². The third-order valence-electron chi connectivity index (χ3n) is 3.07. The number of hydrogen-bond acceptors (Lipinski definition) is 3.